The highest BCUT2D eigenvalue weighted by atomic mass is 16.5. The number of aromatic amines is 2. The third-order valence-corrected chi connectivity index (χ3v) is 3.66. The van der Waals surface area contributed by atoms with Crippen molar-refractivity contribution in [2.24, 2.45) is 0 Å². The van der Waals surface area contributed by atoms with Crippen molar-refractivity contribution < 1.29 is 14.2 Å². The highest BCUT2D eigenvalue weighted by Gasteiger charge is 2.26. The standard InChI is InChI=1S/C14H16N2O5/c1-19-9-6-8-10(13(17)16-14(18)15-8)12(11(9)20-2)21-7-4-3-5-7/h6-7H,3-5H2,1-2H3,(H2,15,16,17,18). The van der Waals surface area contributed by atoms with Gasteiger partial charge in [-0.3, -0.25) is 9.78 Å². The summed E-state index contributed by atoms with van der Waals surface area (Å²) in [5.41, 5.74) is -0.728. The van der Waals surface area contributed by atoms with Gasteiger partial charge in [-0.25, -0.2) is 4.79 Å². The molecule has 0 spiro atoms. The molecule has 1 aliphatic carbocycles. The van der Waals surface area contributed by atoms with Gasteiger partial charge < -0.3 is 19.2 Å². The van der Waals surface area contributed by atoms with Gasteiger partial charge in [-0.1, -0.05) is 0 Å². The Labute approximate surface area is 119 Å². The maximum atomic E-state index is 12.1. The van der Waals surface area contributed by atoms with Gasteiger partial charge in [-0.05, 0) is 19.3 Å². The summed E-state index contributed by atoms with van der Waals surface area (Å²) in [5, 5.41) is 0.263. The minimum Gasteiger partial charge on any atom is -0.493 e. The van der Waals surface area contributed by atoms with Crippen LogP contribution in [0.25, 0.3) is 10.9 Å². The Hall–Kier alpha value is -2.44. The number of nitrogens with one attached hydrogen (secondary N) is 2. The molecular weight excluding hydrogens is 276 g/mol. The van der Waals surface area contributed by atoms with Gasteiger partial charge in [0, 0.05) is 6.07 Å². The van der Waals surface area contributed by atoms with E-state index >= 15 is 0 Å². The number of H-pyrrole nitrogens is 2. The summed E-state index contributed by atoms with van der Waals surface area (Å²) >= 11 is 0. The van der Waals surface area contributed by atoms with Crippen LogP contribution < -0.4 is 25.5 Å². The van der Waals surface area contributed by atoms with Crippen LogP contribution >= 0.6 is 0 Å². The molecule has 1 aliphatic rings. The molecule has 2 N–H and O–H groups in total. The Morgan fingerprint density at radius 1 is 1.10 bits per heavy atom. The molecule has 0 bridgehead atoms. The first-order chi connectivity index (χ1) is 10.1. The summed E-state index contributed by atoms with van der Waals surface area (Å²) in [5.74, 6) is 1.07. The molecular formula is C14H16N2O5. The van der Waals surface area contributed by atoms with E-state index in [9.17, 15) is 9.59 Å². The summed E-state index contributed by atoms with van der Waals surface area (Å²) in [4.78, 5) is 28.3. The Bertz CT molecular complexity index is 788. The lowest BCUT2D eigenvalue weighted by atomic mass is 9.96. The number of benzene rings is 1. The van der Waals surface area contributed by atoms with Crippen molar-refractivity contribution in [2.75, 3.05) is 14.2 Å². The van der Waals surface area contributed by atoms with E-state index < -0.39 is 11.2 Å². The van der Waals surface area contributed by atoms with Crippen LogP contribution in [-0.2, 0) is 0 Å². The number of methoxy groups -OCH3 is 2. The third kappa shape index (κ3) is 2.24. The van der Waals surface area contributed by atoms with E-state index in [0.29, 0.717) is 22.8 Å². The van der Waals surface area contributed by atoms with Gasteiger partial charge in [0.05, 0.1) is 25.8 Å². The van der Waals surface area contributed by atoms with E-state index in [1.807, 2.05) is 0 Å². The molecule has 1 heterocycles. The lowest BCUT2D eigenvalue weighted by Gasteiger charge is -2.28. The second-order valence-corrected chi connectivity index (χ2v) is 4.94. The molecule has 0 atom stereocenters. The fourth-order valence-electron chi connectivity index (χ4n) is 2.37. The largest absolute Gasteiger partial charge is 0.493 e. The van der Waals surface area contributed by atoms with Gasteiger partial charge in [-0.15, -0.1) is 0 Å². The van der Waals surface area contributed by atoms with Gasteiger partial charge in [-0.2, -0.15) is 0 Å². The molecule has 0 amide bonds. The number of aromatic nitrogens is 2. The van der Waals surface area contributed by atoms with Crippen LogP contribution in [0.4, 0.5) is 0 Å². The lowest BCUT2D eigenvalue weighted by molar-refractivity contribution is 0.117. The second kappa shape index (κ2) is 5.16. The number of fused-ring (bicyclic) bond motifs is 1. The first kappa shape index (κ1) is 13.5. The van der Waals surface area contributed by atoms with E-state index in [0.717, 1.165) is 19.3 Å². The normalized spacial score (nSPS) is 14.8. The molecule has 1 fully saturated rings. The van der Waals surface area contributed by atoms with Crippen molar-refractivity contribution in [3.8, 4) is 17.2 Å². The van der Waals surface area contributed by atoms with Crippen LogP contribution in [-0.4, -0.2) is 30.3 Å². The molecule has 1 aromatic heterocycles. The molecule has 3 rings (SSSR count). The average molecular weight is 292 g/mol. The molecule has 1 saturated carbocycles. The third-order valence-electron chi connectivity index (χ3n) is 3.66. The van der Waals surface area contributed by atoms with Crippen LogP contribution in [0.1, 0.15) is 19.3 Å². The SMILES string of the molecule is COc1cc2[nH]c(=O)[nH]c(=O)c2c(OC2CCC2)c1OC. The number of ether oxygens (including phenoxy) is 3. The predicted molar refractivity (Wildman–Crippen MR) is 76.6 cm³/mol. The molecule has 0 unspecified atom stereocenters. The van der Waals surface area contributed by atoms with Gasteiger partial charge in [0.2, 0.25) is 5.75 Å². The van der Waals surface area contributed by atoms with Gasteiger partial charge in [0.15, 0.2) is 11.5 Å². The van der Waals surface area contributed by atoms with Crippen LogP contribution in [0.3, 0.4) is 0 Å². The lowest BCUT2D eigenvalue weighted by Crippen LogP contribution is -2.27. The molecule has 7 nitrogen and oxygen atoms in total. The first-order valence-electron chi connectivity index (χ1n) is 6.72. The van der Waals surface area contributed by atoms with Gasteiger partial charge >= 0.3 is 5.69 Å². The number of hydrogen-bond donors (Lipinski definition) is 2. The van der Waals surface area contributed by atoms with E-state index in [4.69, 9.17) is 14.2 Å². The molecule has 7 heteroatoms. The molecule has 2 aromatic rings. The fourth-order valence-corrected chi connectivity index (χ4v) is 2.37. The smallest absolute Gasteiger partial charge is 0.326 e. The monoisotopic (exact) mass is 292 g/mol. The van der Waals surface area contributed by atoms with Crippen LogP contribution in [0.5, 0.6) is 17.2 Å². The summed E-state index contributed by atoms with van der Waals surface area (Å²) in [7, 11) is 2.97. The molecule has 0 radical (unpaired) electrons. The molecule has 0 aliphatic heterocycles. The summed E-state index contributed by atoms with van der Waals surface area (Å²) < 4.78 is 16.5. The fraction of sp³-hybridized carbons (Fsp3) is 0.429. The first-order valence-corrected chi connectivity index (χ1v) is 6.72. The summed E-state index contributed by atoms with van der Waals surface area (Å²) in [6, 6.07) is 1.55. The van der Waals surface area contributed by atoms with Crippen molar-refractivity contribution in [1.82, 2.24) is 9.97 Å². The van der Waals surface area contributed by atoms with Gasteiger partial charge in [0.1, 0.15) is 5.39 Å². The molecule has 21 heavy (non-hydrogen) atoms. The quantitative estimate of drug-likeness (QED) is 0.882. The van der Waals surface area contributed by atoms with Crippen LogP contribution in [0, 0.1) is 0 Å². The minimum absolute atomic E-state index is 0.0561. The predicted octanol–water partition coefficient (Wildman–Crippen LogP) is 1.16. The van der Waals surface area contributed by atoms with Crippen molar-refractivity contribution in [3.63, 3.8) is 0 Å². The zero-order valence-corrected chi connectivity index (χ0v) is 11.8. The van der Waals surface area contributed by atoms with Crippen molar-refractivity contribution in [2.45, 2.75) is 25.4 Å². The highest BCUT2D eigenvalue weighted by Crippen LogP contribution is 2.43. The second-order valence-electron chi connectivity index (χ2n) is 4.94. The Balaban J connectivity index is 2.31. The van der Waals surface area contributed by atoms with Crippen LogP contribution in [0.15, 0.2) is 15.7 Å². The van der Waals surface area contributed by atoms with E-state index in [-0.39, 0.29) is 11.5 Å². The van der Waals surface area contributed by atoms with Crippen molar-refractivity contribution in [3.05, 3.63) is 26.9 Å². The number of rotatable bonds is 4. The highest BCUT2D eigenvalue weighted by molar-refractivity contribution is 5.89. The Morgan fingerprint density at radius 2 is 1.86 bits per heavy atom. The Kier molecular flexibility index (Phi) is 3.32. The number of hydrogen-bond acceptors (Lipinski definition) is 5. The molecule has 0 saturated heterocycles. The maximum Gasteiger partial charge on any atom is 0.326 e. The van der Waals surface area contributed by atoms with Gasteiger partial charge in [0.25, 0.3) is 5.56 Å². The van der Waals surface area contributed by atoms with Crippen molar-refractivity contribution in [1.29, 1.82) is 0 Å². The Morgan fingerprint density at radius 3 is 2.43 bits per heavy atom. The maximum absolute atomic E-state index is 12.1. The molecule has 112 valence electrons. The minimum atomic E-state index is -0.575. The topological polar surface area (TPSA) is 93.4 Å². The zero-order valence-electron chi connectivity index (χ0n) is 11.8. The molecule has 1 aromatic carbocycles. The van der Waals surface area contributed by atoms with E-state index in [1.54, 1.807) is 6.07 Å². The average Bonchev–Trinajstić information content (AvgIpc) is 2.40. The summed E-state index contributed by atoms with van der Waals surface area (Å²) in [6.07, 6.45) is 3.02. The van der Waals surface area contributed by atoms with Crippen LogP contribution in [0.2, 0.25) is 0 Å². The zero-order chi connectivity index (χ0) is 15.0. The van der Waals surface area contributed by atoms with E-state index in [1.165, 1.54) is 14.2 Å². The van der Waals surface area contributed by atoms with Crippen molar-refractivity contribution >= 4 is 10.9 Å². The van der Waals surface area contributed by atoms with E-state index in [2.05, 4.69) is 9.97 Å². The summed E-state index contributed by atoms with van der Waals surface area (Å²) in [6.45, 7) is 0.